The number of phenolic OH excluding ortho intramolecular Hbond substituents is 2. The van der Waals surface area contributed by atoms with Crippen LogP contribution in [0.15, 0.2) is 24.3 Å². The minimum absolute atomic E-state index is 0.230. The van der Waals surface area contributed by atoms with E-state index in [1.54, 1.807) is 0 Å². The van der Waals surface area contributed by atoms with Crippen LogP contribution in [0.1, 0.15) is 5.56 Å². The number of benzene rings is 1. The first-order valence-corrected chi connectivity index (χ1v) is 6.50. The molecule has 3 atom stereocenters. The van der Waals surface area contributed by atoms with Crippen LogP contribution in [0.5, 0.6) is 11.5 Å². The Morgan fingerprint density at radius 2 is 1.73 bits per heavy atom. The van der Waals surface area contributed by atoms with Crippen LogP contribution < -0.4 is 0 Å². The van der Waals surface area contributed by atoms with E-state index in [9.17, 15) is 30.6 Å². The molecule has 0 amide bonds. The zero-order chi connectivity index (χ0) is 16.5. The Kier molecular flexibility index (Phi) is 4.43. The van der Waals surface area contributed by atoms with Gasteiger partial charge < -0.3 is 40.5 Å². The molecule has 8 heteroatoms. The summed E-state index contributed by atoms with van der Waals surface area (Å²) in [5, 5.41) is 68.1. The van der Waals surface area contributed by atoms with E-state index in [0.29, 0.717) is 0 Å². The lowest BCUT2D eigenvalue weighted by molar-refractivity contribution is -0.362. The largest absolute Gasteiger partial charge is 0.508 e. The second-order valence-corrected chi connectivity index (χ2v) is 5.19. The molecule has 1 fully saturated rings. The fraction of sp³-hybridized carbons (Fsp3) is 0.429. The number of hydrogen-bond donors (Lipinski definition) is 7. The standard InChI is InChI=1S/C14H18O8/c15-6-12-14(20,21)13(19,11(18)7-22-12)2-1-8-3-9(16)5-10(17)4-8/h1-5,11-12,15-21H,6-7H2/b2-1+/t11-,12+,13+/m0/s1. The molecule has 7 N–H and O–H groups in total. The van der Waals surface area contributed by atoms with Crippen molar-refractivity contribution < 1.29 is 40.5 Å². The van der Waals surface area contributed by atoms with Gasteiger partial charge >= 0.3 is 0 Å². The highest BCUT2D eigenvalue weighted by atomic mass is 16.6. The van der Waals surface area contributed by atoms with Crippen LogP contribution in [0.25, 0.3) is 6.08 Å². The zero-order valence-electron chi connectivity index (χ0n) is 11.5. The number of rotatable bonds is 3. The topological polar surface area (TPSA) is 151 Å². The molecule has 2 rings (SSSR count). The summed E-state index contributed by atoms with van der Waals surface area (Å²) >= 11 is 0. The second kappa shape index (κ2) is 5.84. The second-order valence-electron chi connectivity index (χ2n) is 5.19. The number of aliphatic hydroxyl groups excluding tert-OH is 2. The summed E-state index contributed by atoms with van der Waals surface area (Å²) in [7, 11) is 0. The van der Waals surface area contributed by atoms with E-state index in [1.807, 2.05) is 0 Å². The summed E-state index contributed by atoms with van der Waals surface area (Å²) in [4.78, 5) is 0. The first-order chi connectivity index (χ1) is 10.2. The minimum atomic E-state index is -2.94. The Hall–Kier alpha value is -1.68. The molecule has 0 bridgehead atoms. The molecule has 1 aromatic rings. The average Bonchev–Trinajstić information content (AvgIpc) is 2.42. The third kappa shape index (κ3) is 2.80. The maximum atomic E-state index is 10.4. The van der Waals surface area contributed by atoms with Gasteiger partial charge in [-0.3, -0.25) is 0 Å². The van der Waals surface area contributed by atoms with Crippen molar-refractivity contribution in [1.82, 2.24) is 0 Å². The SMILES string of the molecule is OC[C@H]1OC[C@H](O)[C@](O)(/C=C/c2cc(O)cc(O)c2)C1(O)O. The predicted octanol–water partition coefficient (Wildman–Crippen LogP) is -1.73. The van der Waals surface area contributed by atoms with Gasteiger partial charge in [0, 0.05) is 6.07 Å². The number of aromatic hydroxyl groups is 2. The maximum Gasteiger partial charge on any atom is 0.228 e. The molecule has 0 aromatic heterocycles. The van der Waals surface area contributed by atoms with Gasteiger partial charge in [-0.25, -0.2) is 0 Å². The first kappa shape index (κ1) is 16.7. The van der Waals surface area contributed by atoms with Gasteiger partial charge in [0.2, 0.25) is 5.79 Å². The van der Waals surface area contributed by atoms with Gasteiger partial charge in [0.15, 0.2) is 5.60 Å². The van der Waals surface area contributed by atoms with E-state index in [-0.39, 0.29) is 17.1 Å². The van der Waals surface area contributed by atoms with E-state index >= 15 is 0 Å². The molecule has 1 aliphatic heterocycles. The van der Waals surface area contributed by atoms with Gasteiger partial charge in [-0.1, -0.05) is 6.08 Å². The normalized spacial score (nSPS) is 31.5. The van der Waals surface area contributed by atoms with Crippen LogP contribution in [0.3, 0.4) is 0 Å². The van der Waals surface area contributed by atoms with Gasteiger partial charge in [-0.15, -0.1) is 0 Å². The maximum absolute atomic E-state index is 10.4. The Labute approximate surface area is 125 Å². The molecule has 1 aliphatic rings. The molecule has 0 radical (unpaired) electrons. The third-order valence-corrected chi connectivity index (χ3v) is 3.62. The lowest BCUT2D eigenvalue weighted by atomic mass is 9.81. The van der Waals surface area contributed by atoms with Crippen molar-refractivity contribution in [3.63, 3.8) is 0 Å². The van der Waals surface area contributed by atoms with Gasteiger partial charge in [0.1, 0.15) is 23.7 Å². The Balaban J connectivity index is 2.36. The van der Waals surface area contributed by atoms with Crippen LogP contribution in [0.2, 0.25) is 0 Å². The fourth-order valence-electron chi connectivity index (χ4n) is 2.30. The molecule has 0 saturated carbocycles. The molecule has 1 heterocycles. The van der Waals surface area contributed by atoms with Crippen LogP contribution in [-0.4, -0.2) is 72.6 Å². The molecular formula is C14H18O8. The molecular weight excluding hydrogens is 296 g/mol. The van der Waals surface area contributed by atoms with Crippen molar-refractivity contribution in [2.45, 2.75) is 23.6 Å². The van der Waals surface area contributed by atoms with Crippen LogP contribution >= 0.6 is 0 Å². The monoisotopic (exact) mass is 314 g/mol. The van der Waals surface area contributed by atoms with E-state index in [0.717, 1.165) is 12.1 Å². The lowest BCUT2D eigenvalue weighted by Crippen LogP contribution is -2.71. The van der Waals surface area contributed by atoms with Crippen molar-refractivity contribution in [2.75, 3.05) is 13.2 Å². The summed E-state index contributed by atoms with van der Waals surface area (Å²) in [6.45, 7) is -1.19. The molecule has 1 saturated heterocycles. The van der Waals surface area contributed by atoms with E-state index in [1.165, 1.54) is 18.2 Å². The van der Waals surface area contributed by atoms with Gasteiger partial charge in [-0.2, -0.15) is 0 Å². The Bertz CT molecular complexity index is 550. The summed E-state index contributed by atoms with van der Waals surface area (Å²) in [6.07, 6.45) is -1.07. The summed E-state index contributed by atoms with van der Waals surface area (Å²) in [5.41, 5.74) is -2.26. The van der Waals surface area contributed by atoms with Crippen LogP contribution in [0.4, 0.5) is 0 Å². The smallest absolute Gasteiger partial charge is 0.228 e. The van der Waals surface area contributed by atoms with Gasteiger partial charge in [-0.05, 0) is 23.8 Å². The average molecular weight is 314 g/mol. The Morgan fingerprint density at radius 3 is 2.27 bits per heavy atom. The van der Waals surface area contributed by atoms with Gasteiger partial charge in [0.25, 0.3) is 0 Å². The third-order valence-electron chi connectivity index (χ3n) is 3.62. The number of aliphatic hydroxyl groups is 5. The quantitative estimate of drug-likeness (QED) is 0.325. The molecule has 122 valence electrons. The number of ether oxygens (including phenoxy) is 1. The Morgan fingerprint density at radius 1 is 1.14 bits per heavy atom. The van der Waals surface area contributed by atoms with E-state index in [4.69, 9.17) is 9.84 Å². The number of hydrogen-bond acceptors (Lipinski definition) is 8. The van der Waals surface area contributed by atoms with Gasteiger partial charge in [0.05, 0.1) is 13.2 Å². The summed E-state index contributed by atoms with van der Waals surface area (Å²) in [5.74, 6) is -3.40. The minimum Gasteiger partial charge on any atom is -0.508 e. The zero-order valence-corrected chi connectivity index (χ0v) is 11.5. The van der Waals surface area contributed by atoms with E-state index in [2.05, 4.69) is 0 Å². The predicted molar refractivity (Wildman–Crippen MR) is 73.8 cm³/mol. The van der Waals surface area contributed by atoms with Crippen molar-refractivity contribution >= 4 is 6.08 Å². The number of phenols is 2. The summed E-state index contributed by atoms with van der Waals surface area (Å²) in [6, 6.07) is 3.61. The van der Waals surface area contributed by atoms with Crippen molar-refractivity contribution in [3.05, 3.63) is 29.8 Å². The molecule has 22 heavy (non-hydrogen) atoms. The molecule has 1 aromatic carbocycles. The first-order valence-electron chi connectivity index (χ1n) is 6.50. The van der Waals surface area contributed by atoms with Crippen LogP contribution in [-0.2, 0) is 4.74 Å². The lowest BCUT2D eigenvalue weighted by Gasteiger charge is -2.48. The summed E-state index contributed by atoms with van der Waals surface area (Å²) < 4.78 is 4.87. The molecule has 0 unspecified atom stereocenters. The molecule has 0 aliphatic carbocycles. The van der Waals surface area contributed by atoms with Crippen LogP contribution in [0, 0.1) is 0 Å². The molecule has 0 spiro atoms. The van der Waals surface area contributed by atoms with E-state index < -0.39 is 36.8 Å². The highest BCUT2D eigenvalue weighted by Crippen LogP contribution is 2.35. The highest BCUT2D eigenvalue weighted by Gasteiger charge is 2.60. The van der Waals surface area contributed by atoms with Crippen molar-refractivity contribution in [2.24, 2.45) is 0 Å². The highest BCUT2D eigenvalue weighted by molar-refractivity contribution is 5.56. The van der Waals surface area contributed by atoms with Crippen molar-refractivity contribution in [1.29, 1.82) is 0 Å². The fourth-order valence-corrected chi connectivity index (χ4v) is 2.30. The molecule has 8 nitrogen and oxygen atoms in total. The van der Waals surface area contributed by atoms with Crippen molar-refractivity contribution in [3.8, 4) is 11.5 Å².